The van der Waals surface area contributed by atoms with Crippen molar-refractivity contribution in [2.45, 2.75) is 0 Å². The van der Waals surface area contributed by atoms with Gasteiger partial charge in [0, 0.05) is 43.4 Å². The number of nitrogens with one attached hydrogen (secondary N) is 2. The summed E-state index contributed by atoms with van der Waals surface area (Å²) in [5.41, 5.74) is 12.3. The minimum Gasteiger partial charge on any atom is -0.353 e. The minimum absolute atomic E-state index is 0.916. The molecule has 0 fully saturated rings. The van der Waals surface area contributed by atoms with Gasteiger partial charge >= 0.3 is 0 Å². The summed E-state index contributed by atoms with van der Waals surface area (Å²) < 4.78 is 0. The maximum absolute atomic E-state index is 5.61. The molecule has 0 radical (unpaired) electrons. The lowest BCUT2D eigenvalue weighted by atomic mass is 9.95. The number of aromatic amines is 2. The quantitative estimate of drug-likeness (QED) is 0.176. The average molecular weight is 711 g/mol. The lowest BCUT2D eigenvalue weighted by Gasteiger charge is -2.09. The maximum atomic E-state index is 5.61. The Balaban J connectivity index is 1.37. The summed E-state index contributed by atoms with van der Waals surface area (Å²) in [6, 6.07) is 52.4. The first kappa shape index (κ1) is 29.8. The van der Waals surface area contributed by atoms with E-state index in [2.05, 4.69) is 180 Å². The Hall–Kier alpha value is -7.56. The van der Waals surface area contributed by atoms with Crippen molar-refractivity contribution >= 4 is 111 Å². The predicted octanol–water partition coefficient (Wildman–Crippen LogP) is 13.8. The lowest BCUT2D eigenvalue weighted by Crippen LogP contribution is -1.88. The Morgan fingerprint density at radius 3 is 1.07 bits per heavy atom. The van der Waals surface area contributed by atoms with E-state index in [1.807, 2.05) is 0 Å². The molecule has 11 aromatic rings. The van der Waals surface area contributed by atoms with Crippen LogP contribution in [0.1, 0.15) is 22.8 Å². The van der Waals surface area contributed by atoms with Crippen LogP contribution in [0.4, 0.5) is 0 Å². The molecule has 0 atom stereocenters. The first-order chi connectivity index (χ1) is 27.8. The highest BCUT2D eigenvalue weighted by Crippen LogP contribution is 2.47. The maximum Gasteiger partial charge on any atom is 0.0737 e. The molecule has 0 saturated carbocycles. The zero-order chi connectivity index (χ0) is 36.5. The van der Waals surface area contributed by atoms with Crippen molar-refractivity contribution in [2.24, 2.45) is 0 Å². The highest BCUT2D eigenvalue weighted by Gasteiger charge is 2.24. The molecular weight excluding hydrogens is 681 g/mol. The zero-order valence-corrected chi connectivity index (χ0v) is 30.1. The van der Waals surface area contributed by atoms with Gasteiger partial charge < -0.3 is 9.97 Å². The number of rotatable bonds is 2. The second kappa shape index (κ2) is 11.0. The zero-order valence-electron chi connectivity index (χ0n) is 30.1. The average Bonchev–Trinajstić information content (AvgIpc) is 4.08. The molecule has 2 N–H and O–H groups in total. The van der Waals surface area contributed by atoms with Crippen LogP contribution in [0.2, 0.25) is 0 Å². The third-order valence-electron chi connectivity index (χ3n) is 12.1. The van der Waals surface area contributed by atoms with Crippen molar-refractivity contribution in [1.29, 1.82) is 0 Å². The summed E-state index contributed by atoms with van der Waals surface area (Å²) in [5.74, 6) is 0. The van der Waals surface area contributed by atoms with Crippen molar-refractivity contribution in [3.63, 3.8) is 0 Å². The number of hydrogen-bond donors (Lipinski definition) is 2. The van der Waals surface area contributed by atoms with E-state index in [0.717, 1.165) is 77.9 Å². The van der Waals surface area contributed by atoms with Crippen LogP contribution < -0.4 is 0 Å². The van der Waals surface area contributed by atoms with Gasteiger partial charge in [-0.3, -0.25) is 0 Å². The summed E-state index contributed by atoms with van der Waals surface area (Å²) in [7, 11) is 0. The standard InChI is InChI=1S/C52H30N4/c1-3-13-29(14-4-1)43-39-25-26-40(53-39)44(30-15-5-2-6-16-30)50-38-24-12-22-34-32-18-8-10-20-36(32)48(52(56-50)46(34)38)42-28-27-41(54-42)47-35-19-9-7-17-31(35)33-21-11-23-37-45(33)51(47)55-49(37)43/h1-28,55-56H. The smallest absolute Gasteiger partial charge is 0.0737 e. The van der Waals surface area contributed by atoms with Crippen LogP contribution >= 0.6 is 0 Å². The van der Waals surface area contributed by atoms with Crippen LogP contribution in [0, 0.1) is 0 Å². The molecule has 0 unspecified atom stereocenters. The SMILES string of the molecule is C1=Cc2nc1c(-c1ccccc1)c1[nH]c3c(c4nc(c5c6ccccc6c6cccc7c([nH]c5c76)c2-c2ccccc2)C=C4)c2ccccc2c2cccc1c23. The predicted molar refractivity (Wildman–Crippen MR) is 237 cm³/mol. The summed E-state index contributed by atoms with van der Waals surface area (Å²) in [4.78, 5) is 19.3. The summed E-state index contributed by atoms with van der Waals surface area (Å²) in [5, 5.41) is 14.2. The Morgan fingerprint density at radius 1 is 0.268 bits per heavy atom. The molecule has 8 bridgehead atoms. The molecule has 4 nitrogen and oxygen atoms in total. The topological polar surface area (TPSA) is 57.4 Å². The van der Waals surface area contributed by atoms with Crippen LogP contribution in [0.5, 0.6) is 0 Å². The van der Waals surface area contributed by atoms with Gasteiger partial charge in [0.2, 0.25) is 0 Å². The van der Waals surface area contributed by atoms with Gasteiger partial charge in [-0.1, -0.05) is 146 Å². The molecule has 2 aliphatic heterocycles. The van der Waals surface area contributed by atoms with Crippen LogP contribution in [-0.4, -0.2) is 19.9 Å². The molecule has 0 amide bonds. The third-order valence-corrected chi connectivity index (χ3v) is 12.1. The largest absolute Gasteiger partial charge is 0.353 e. The molecule has 0 aliphatic carbocycles. The van der Waals surface area contributed by atoms with Gasteiger partial charge in [-0.25, -0.2) is 9.97 Å². The van der Waals surface area contributed by atoms with Crippen LogP contribution in [0.25, 0.3) is 133 Å². The van der Waals surface area contributed by atoms with Crippen molar-refractivity contribution in [3.8, 4) is 22.3 Å². The Labute approximate surface area is 320 Å². The number of H-pyrrole nitrogens is 2. The first-order valence-corrected chi connectivity index (χ1v) is 19.2. The minimum atomic E-state index is 0.916. The Morgan fingerprint density at radius 2 is 0.607 bits per heavy atom. The monoisotopic (exact) mass is 710 g/mol. The molecule has 0 spiro atoms. The molecule has 56 heavy (non-hydrogen) atoms. The second-order valence-electron chi connectivity index (χ2n) is 15.0. The fourth-order valence-corrected chi connectivity index (χ4v) is 9.79. The van der Waals surface area contributed by atoms with E-state index in [0.29, 0.717) is 0 Å². The summed E-state index contributed by atoms with van der Waals surface area (Å²) >= 11 is 0. The molecule has 5 heterocycles. The van der Waals surface area contributed by atoms with Crippen molar-refractivity contribution in [3.05, 3.63) is 168 Å². The van der Waals surface area contributed by atoms with Gasteiger partial charge in [0.1, 0.15) is 0 Å². The molecule has 8 aromatic carbocycles. The summed E-state index contributed by atoms with van der Waals surface area (Å²) in [6.45, 7) is 0. The Kier molecular flexibility index (Phi) is 5.86. The lowest BCUT2D eigenvalue weighted by molar-refractivity contribution is 1.32. The van der Waals surface area contributed by atoms with Gasteiger partial charge in [-0.05, 0) is 67.7 Å². The highest BCUT2D eigenvalue weighted by molar-refractivity contribution is 6.35. The molecule has 13 rings (SSSR count). The fraction of sp³-hybridized carbons (Fsp3) is 0. The molecule has 0 saturated heterocycles. The number of aromatic nitrogens is 4. The molecule has 3 aromatic heterocycles. The number of fused-ring (bicyclic) bond motifs is 16. The van der Waals surface area contributed by atoms with E-state index in [9.17, 15) is 0 Å². The fourth-order valence-electron chi connectivity index (χ4n) is 9.79. The van der Waals surface area contributed by atoms with Crippen LogP contribution in [0.15, 0.2) is 146 Å². The number of benzene rings is 8. The van der Waals surface area contributed by atoms with Gasteiger partial charge in [0.05, 0.1) is 44.8 Å². The molecule has 2 aliphatic rings. The van der Waals surface area contributed by atoms with Gasteiger partial charge in [0.15, 0.2) is 0 Å². The third kappa shape index (κ3) is 3.92. The van der Waals surface area contributed by atoms with Crippen LogP contribution in [0.3, 0.4) is 0 Å². The molecule has 4 heteroatoms. The number of nitrogens with zero attached hydrogens (tertiary/aromatic N) is 2. The van der Waals surface area contributed by atoms with E-state index >= 15 is 0 Å². The normalized spacial score (nSPS) is 12.9. The van der Waals surface area contributed by atoms with E-state index in [4.69, 9.17) is 9.97 Å². The number of hydrogen-bond acceptors (Lipinski definition) is 2. The second-order valence-corrected chi connectivity index (χ2v) is 15.0. The first-order valence-electron chi connectivity index (χ1n) is 19.2. The van der Waals surface area contributed by atoms with Crippen molar-refractivity contribution in [2.75, 3.05) is 0 Å². The van der Waals surface area contributed by atoms with Crippen molar-refractivity contribution < 1.29 is 0 Å². The van der Waals surface area contributed by atoms with E-state index in [-0.39, 0.29) is 0 Å². The summed E-state index contributed by atoms with van der Waals surface area (Å²) in [6.07, 6.45) is 8.82. The van der Waals surface area contributed by atoms with Gasteiger partial charge in [-0.15, -0.1) is 0 Å². The highest BCUT2D eigenvalue weighted by atomic mass is 14.8. The Bertz CT molecular complexity index is 3440. The van der Waals surface area contributed by atoms with E-state index in [1.54, 1.807) is 0 Å². The van der Waals surface area contributed by atoms with E-state index in [1.165, 1.54) is 53.9 Å². The van der Waals surface area contributed by atoms with Crippen LogP contribution in [-0.2, 0) is 0 Å². The van der Waals surface area contributed by atoms with E-state index < -0.39 is 0 Å². The van der Waals surface area contributed by atoms with Crippen molar-refractivity contribution in [1.82, 2.24) is 19.9 Å². The molecular formula is C52H30N4. The van der Waals surface area contributed by atoms with Gasteiger partial charge in [-0.2, -0.15) is 0 Å². The van der Waals surface area contributed by atoms with Gasteiger partial charge in [0.25, 0.3) is 0 Å². The molecule has 258 valence electrons.